The van der Waals surface area contributed by atoms with Crippen LogP contribution in [0.25, 0.3) is 6.08 Å². The van der Waals surface area contributed by atoms with Crippen molar-refractivity contribution in [3.63, 3.8) is 0 Å². The van der Waals surface area contributed by atoms with E-state index in [0.29, 0.717) is 28.4 Å². The highest BCUT2D eigenvalue weighted by Gasteiger charge is 2.16. The van der Waals surface area contributed by atoms with E-state index in [0.717, 1.165) is 4.90 Å². The van der Waals surface area contributed by atoms with Crippen LogP contribution in [-0.4, -0.2) is 30.1 Å². The Hall–Kier alpha value is -3.55. The molecule has 0 aliphatic heterocycles. The molecule has 0 heterocycles. The van der Waals surface area contributed by atoms with Crippen LogP contribution in [0.1, 0.15) is 22.8 Å². The van der Waals surface area contributed by atoms with E-state index in [4.69, 9.17) is 16.3 Å². The lowest BCUT2D eigenvalue weighted by Crippen LogP contribution is -2.30. The Labute approximate surface area is 207 Å². The number of amides is 2. The number of rotatable bonds is 9. The van der Waals surface area contributed by atoms with Gasteiger partial charge in [0.25, 0.3) is 11.8 Å². The lowest BCUT2D eigenvalue weighted by atomic mass is 10.1. The van der Waals surface area contributed by atoms with Gasteiger partial charge in [-0.15, -0.1) is 11.8 Å². The maximum atomic E-state index is 13.1. The quantitative estimate of drug-likeness (QED) is 0.236. The van der Waals surface area contributed by atoms with E-state index in [-0.39, 0.29) is 17.4 Å². The fourth-order valence-corrected chi connectivity index (χ4v) is 3.75. The van der Waals surface area contributed by atoms with Crippen LogP contribution in [-0.2, 0) is 14.3 Å². The molecule has 0 atom stereocenters. The van der Waals surface area contributed by atoms with Crippen LogP contribution in [0.5, 0.6) is 0 Å². The van der Waals surface area contributed by atoms with Crippen molar-refractivity contribution in [2.45, 2.75) is 11.8 Å². The molecule has 0 saturated carbocycles. The van der Waals surface area contributed by atoms with Gasteiger partial charge < -0.3 is 15.4 Å². The predicted octanol–water partition coefficient (Wildman–Crippen LogP) is 5.40. The van der Waals surface area contributed by atoms with Crippen LogP contribution < -0.4 is 10.6 Å². The minimum absolute atomic E-state index is 0.0442. The SMILES string of the molecule is CCOC(=O)CSc1ccc(NC(=O)/C(=C/c2ccccc2Cl)NC(=O)c2ccccc2)cc1. The summed E-state index contributed by atoms with van der Waals surface area (Å²) in [6, 6.07) is 22.7. The maximum Gasteiger partial charge on any atom is 0.316 e. The molecule has 8 heteroatoms. The van der Waals surface area contributed by atoms with Gasteiger partial charge in [0.2, 0.25) is 0 Å². The fourth-order valence-electron chi connectivity index (χ4n) is 2.87. The lowest BCUT2D eigenvalue weighted by Gasteiger charge is -2.12. The van der Waals surface area contributed by atoms with Gasteiger partial charge >= 0.3 is 5.97 Å². The smallest absolute Gasteiger partial charge is 0.316 e. The van der Waals surface area contributed by atoms with Crippen LogP contribution in [0.4, 0.5) is 5.69 Å². The van der Waals surface area contributed by atoms with E-state index in [1.54, 1.807) is 85.8 Å². The third-order valence-electron chi connectivity index (χ3n) is 4.51. The summed E-state index contributed by atoms with van der Waals surface area (Å²) in [5, 5.41) is 5.91. The van der Waals surface area contributed by atoms with Crippen molar-refractivity contribution in [1.29, 1.82) is 0 Å². The first-order valence-electron chi connectivity index (χ1n) is 10.5. The molecule has 0 aliphatic rings. The number of benzene rings is 3. The molecule has 6 nitrogen and oxygen atoms in total. The summed E-state index contributed by atoms with van der Waals surface area (Å²) in [7, 11) is 0. The summed E-state index contributed by atoms with van der Waals surface area (Å²) in [5.74, 6) is -1.00. The molecule has 174 valence electrons. The normalized spacial score (nSPS) is 10.9. The van der Waals surface area contributed by atoms with Crippen molar-refractivity contribution in [1.82, 2.24) is 5.32 Å². The Kier molecular flexibility index (Phi) is 9.31. The molecule has 0 aromatic heterocycles. The van der Waals surface area contributed by atoms with Gasteiger partial charge in [-0.1, -0.05) is 48.0 Å². The molecule has 0 bridgehead atoms. The van der Waals surface area contributed by atoms with Crippen LogP contribution in [0.15, 0.2) is 89.5 Å². The molecule has 0 unspecified atom stereocenters. The number of hydrogen-bond donors (Lipinski definition) is 2. The summed E-state index contributed by atoms with van der Waals surface area (Å²) in [5.41, 5.74) is 1.59. The molecule has 3 aromatic carbocycles. The number of esters is 1. The van der Waals surface area contributed by atoms with Crippen molar-refractivity contribution in [3.8, 4) is 0 Å². The Morgan fingerprint density at radius 2 is 1.62 bits per heavy atom. The van der Waals surface area contributed by atoms with Crippen molar-refractivity contribution in [2.24, 2.45) is 0 Å². The molecular formula is C26H23ClN2O4S. The third-order valence-corrected chi connectivity index (χ3v) is 5.84. The van der Waals surface area contributed by atoms with Crippen LogP contribution in [0.3, 0.4) is 0 Å². The molecule has 2 N–H and O–H groups in total. The Morgan fingerprint density at radius 1 is 0.941 bits per heavy atom. The van der Waals surface area contributed by atoms with Gasteiger partial charge in [0.1, 0.15) is 5.70 Å². The van der Waals surface area contributed by atoms with Gasteiger partial charge in [0, 0.05) is 21.2 Å². The van der Waals surface area contributed by atoms with Crippen molar-refractivity contribution < 1.29 is 19.1 Å². The largest absolute Gasteiger partial charge is 0.465 e. The molecule has 0 saturated heterocycles. The van der Waals surface area contributed by atoms with Crippen molar-refractivity contribution in [2.75, 3.05) is 17.7 Å². The monoisotopic (exact) mass is 494 g/mol. The summed E-state index contributed by atoms with van der Waals surface area (Å²) >= 11 is 7.59. The Balaban J connectivity index is 1.75. The lowest BCUT2D eigenvalue weighted by molar-refractivity contribution is -0.139. The van der Waals surface area contributed by atoms with E-state index in [1.165, 1.54) is 17.8 Å². The first kappa shape index (κ1) is 25.1. The van der Waals surface area contributed by atoms with Gasteiger partial charge in [-0.2, -0.15) is 0 Å². The summed E-state index contributed by atoms with van der Waals surface area (Å²) in [6.07, 6.45) is 1.53. The highest BCUT2D eigenvalue weighted by atomic mass is 35.5. The van der Waals surface area contributed by atoms with Gasteiger partial charge in [-0.05, 0) is 61.0 Å². The number of ether oxygens (including phenoxy) is 1. The van der Waals surface area contributed by atoms with E-state index < -0.39 is 11.8 Å². The standard InChI is InChI=1S/C26H23ClN2O4S/c1-2-33-24(30)17-34-21-14-12-20(13-15-21)28-26(32)23(16-19-10-6-7-11-22(19)27)29-25(31)18-8-4-3-5-9-18/h3-16H,2,17H2,1H3,(H,28,32)(H,29,31)/b23-16-. The van der Waals surface area contributed by atoms with Crippen LogP contribution >= 0.6 is 23.4 Å². The molecule has 34 heavy (non-hydrogen) atoms. The van der Waals surface area contributed by atoms with E-state index in [9.17, 15) is 14.4 Å². The zero-order chi connectivity index (χ0) is 24.3. The molecule has 2 amide bonds. The topological polar surface area (TPSA) is 84.5 Å². The number of carbonyl (C=O) groups excluding carboxylic acids is 3. The first-order valence-corrected chi connectivity index (χ1v) is 11.8. The number of carbonyl (C=O) groups is 3. The zero-order valence-corrected chi connectivity index (χ0v) is 20.0. The molecule has 0 fully saturated rings. The van der Waals surface area contributed by atoms with E-state index >= 15 is 0 Å². The molecule has 0 spiro atoms. The molecule has 3 aromatic rings. The highest BCUT2D eigenvalue weighted by Crippen LogP contribution is 2.22. The Bertz CT molecular complexity index is 1180. The molecule has 3 rings (SSSR count). The number of thioether (sulfide) groups is 1. The minimum Gasteiger partial charge on any atom is -0.465 e. The Morgan fingerprint density at radius 3 is 2.29 bits per heavy atom. The van der Waals surface area contributed by atoms with Crippen molar-refractivity contribution in [3.05, 3.63) is 101 Å². The number of hydrogen-bond acceptors (Lipinski definition) is 5. The van der Waals surface area contributed by atoms with Gasteiger partial charge in [-0.25, -0.2) is 0 Å². The maximum absolute atomic E-state index is 13.1. The predicted molar refractivity (Wildman–Crippen MR) is 136 cm³/mol. The van der Waals surface area contributed by atoms with E-state index in [1.807, 2.05) is 0 Å². The zero-order valence-electron chi connectivity index (χ0n) is 18.4. The second kappa shape index (κ2) is 12.6. The summed E-state index contributed by atoms with van der Waals surface area (Å²) in [6.45, 7) is 2.10. The summed E-state index contributed by atoms with van der Waals surface area (Å²) in [4.78, 5) is 38.1. The van der Waals surface area contributed by atoms with Gasteiger partial charge in [0.05, 0.1) is 12.4 Å². The molecule has 0 radical (unpaired) electrons. The average Bonchev–Trinajstić information content (AvgIpc) is 2.85. The van der Waals surface area contributed by atoms with E-state index in [2.05, 4.69) is 10.6 Å². The number of halogens is 1. The van der Waals surface area contributed by atoms with Crippen molar-refractivity contribution >= 4 is 52.9 Å². The number of anilines is 1. The second-order valence-corrected chi connectivity index (χ2v) is 8.43. The summed E-state index contributed by atoms with van der Waals surface area (Å²) < 4.78 is 4.92. The fraction of sp³-hybridized carbons (Fsp3) is 0.115. The van der Waals surface area contributed by atoms with Gasteiger partial charge in [-0.3, -0.25) is 14.4 Å². The first-order chi connectivity index (χ1) is 16.5. The molecule has 0 aliphatic carbocycles. The highest BCUT2D eigenvalue weighted by molar-refractivity contribution is 8.00. The third kappa shape index (κ3) is 7.50. The average molecular weight is 495 g/mol. The second-order valence-electron chi connectivity index (χ2n) is 6.97. The van der Waals surface area contributed by atoms with Gasteiger partial charge in [0.15, 0.2) is 0 Å². The molecular weight excluding hydrogens is 472 g/mol. The minimum atomic E-state index is -0.504. The van der Waals surface area contributed by atoms with Crippen LogP contribution in [0.2, 0.25) is 5.02 Å². The number of nitrogens with one attached hydrogen (secondary N) is 2. The van der Waals surface area contributed by atoms with Crippen LogP contribution in [0, 0.1) is 0 Å².